The van der Waals surface area contributed by atoms with Crippen LogP contribution in [-0.4, -0.2) is 0 Å². The molecular formula is C23H16BrOS+. The molecule has 4 rings (SSSR count). The highest BCUT2D eigenvalue weighted by atomic mass is 79.9. The van der Waals surface area contributed by atoms with Crippen molar-refractivity contribution in [3.05, 3.63) is 111 Å². The van der Waals surface area contributed by atoms with Gasteiger partial charge in [0.1, 0.15) is 5.38 Å². The fraction of sp³-hybridized carbons (Fsp3) is 0. The Morgan fingerprint density at radius 2 is 1.46 bits per heavy atom. The van der Waals surface area contributed by atoms with Crippen LogP contribution in [0.4, 0.5) is 0 Å². The van der Waals surface area contributed by atoms with Gasteiger partial charge in [0.2, 0.25) is 0 Å². The summed E-state index contributed by atoms with van der Waals surface area (Å²) in [7, 11) is 0. The monoisotopic (exact) mass is 419 g/mol. The first-order valence-electron chi connectivity index (χ1n) is 8.30. The summed E-state index contributed by atoms with van der Waals surface area (Å²) in [5.41, 5.74) is 4.46. The van der Waals surface area contributed by atoms with E-state index in [0.717, 1.165) is 37.6 Å². The minimum atomic E-state index is 0.882. The molecule has 0 aliphatic heterocycles. The summed E-state index contributed by atoms with van der Waals surface area (Å²) in [5.74, 6) is 0.882. The lowest BCUT2D eigenvalue weighted by Crippen LogP contribution is -1.85. The maximum Gasteiger partial charge on any atom is 0.418 e. The second-order valence-corrected chi connectivity index (χ2v) is 7.59. The van der Waals surface area contributed by atoms with E-state index in [1.54, 1.807) is 11.3 Å². The van der Waals surface area contributed by atoms with Crippen molar-refractivity contribution in [2.75, 3.05) is 0 Å². The fourth-order valence-electron chi connectivity index (χ4n) is 2.71. The number of halogens is 1. The summed E-state index contributed by atoms with van der Waals surface area (Å²) < 4.78 is 7.29. The Morgan fingerprint density at radius 3 is 2.15 bits per heavy atom. The van der Waals surface area contributed by atoms with Crippen molar-refractivity contribution >= 4 is 38.9 Å². The summed E-state index contributed by atoms with van der Waals surface area (Å²) in [4.78, 5) is 0. The molecule has 0 spiro atoms. The van der Waals surface area contributed by atoms with Crippen molar-refractivity contribution in [2.45, 2.75) is 0 Å². The van der Waals surface area contributed by atoms with Gasteiger partial charge < -0.3 is 0 Å². The minimum absolute atomic E-state index is 0.882. The maximum atomic E-state index is 6.23. The highest BCUT2D eigenvalue weighted by Gasteiger charge is 2.24. The van der Waals surface area contributed by atoms with Crippen LogP contribution in [-0.2, 0) is 0 Å². The maximum absolute atomic E-state index is 6.23. The zero-order chi connectivity index (χ0) is 17.8. The van der Waals surface area contributed by atoms with E-state index < -0.39 is 0 Å². The highest BCUT2D eigenvalue weighted by molar-refractivity contribution is 9.10. The molecule has 0 radical (unpaired) electrons. The van der Waals surface area contributed by atoms with Crippen LogP contribution in [0.25, 0.3) is 23.0 Å². The van der Waals surface area contributed by atoms with Crippen LogP contribution in [0.3, 0.4) is 0 Å². The normalized spacial score (nSPS) is 11.5. The van der Waals surface area contributed by atoms with Crippen molar-refractivity contribution in [1.29, 1.82) is 0 Å². The quantitative estimate of drug-likeness (QED) is 0.244. The smallest absolute Gasteiger partial charge is 0.194 e. The van der Waals surface area contributed by atoms with Crippen molar-refractivity contribution in [1.82, 2.24) is 0 Å². The van der Waals surface area contributed by atoms with Gasteiger partial charge in [-0.3, -0.25) is 0 Å². The Morgan fingerprint density at radius 1 is 0.808 bits per heavy atom. The second-order valence-electron chi connectivity index (χ2n) is 5.83. The van der Waals surface area contributed by atoms with Crippen LogP contribution < -0.4 is 0 Å². The molecular weight excluding hydrogens is 404 g/mol. The predicted molar refractivity (Wildman–Crippen MR) is 114 cm³/mol. The van der Waals surface area contributed by atoms with Crippen molar-refractivity contribution in [2.24, 2.45) is 0 Å². The van der Waals surface area contributed by atoms with Crippen molar-refractivity contribution in [3.8, 4) is 11.3 Å². The van der Waals surface area contributed by atoms with Crippen LogP contribution in [0.2, 0.25) is 0 Å². The molecule has 0 amide bonds. The van der Waals surface area contributed by atoms with Gasteiger partial charge in [0.05, 0.1) is 11.1 Å². The Hall–Kier alpha value is -2.49. The second kappa shape index (κ2) is 7.81. The molecule has 3 heteroatoms. The SMILES string of the molecule is Brc1ccc(-c2csc(/C(=C/c3ccccc3)c3ccccc3)[o+]2)cc1. The van der Waals surface area contributed by atoms with Gasteiger partial charge in [-0.1, -0.05) is 76.6 Å². The van der Waals surface area contributed by atoms with E-state index in [4.69, 9.17) is 4.42 Å². The largest absolute Gasteiger partial charge is 0.418 e. The Kier molecular flexibility index (Phi) is 5.09. The minimum Gasteiger partial charge on any atom is -0.194 e. The lowest BCUT2D eigenvalue weighted by Gasteiger charge is -2.00. The van der Waals surface area contributed by atoms with Crippen LogP contribution in [0.15, 0.2) is 99.2 Å². The van der Waals surface area contributed by atoms with Crippen LogP contribution in [0.1, 0.15) is 16.2 Å². The average Bonchev–Trinajstić information content (AvgIpc) is 3.18. The number of rotatable bonds is 4. The first-order valence-corrected chi connectivity index (χ1v) is 9.97. The van der Waals surface area contributed by atoms with E-state index in [1.807, 2.05) is 36.4 Å². The number of hydrogen-bond donors (Lipinski definition) is 0. The third-order valence-electron chi connectivity index (χ3n) is 4.02. The van der Waals surface area contributed by atoms with E-state index in [0.29, 0.717) is 0 Å². The van der Waals surface area contributed by atoms with Crippen LogP contribution >= 0.6 is 27.3 Å². The zero-order valence-corrected chi connectivity index (χ0v) is 16.3. The van der Waals surface area contributed by atoms with Gasteiger partial charge >= 0.3 is 10.8 Å². The molecule has 0 saturated carbocycles. The lowest BCUT2D eigenvalue weighted by molar-refractivity contribution is 0.576. The van der Waals surface area contributed by atoms with Gasteiger partial charge in [-0.15, -0.1) is 0 Å². The Bertz CT molecular complexity index is 1020. The van der Waals surface area contributed by atoms with Crippen molar-refractivity contribution in [3.63, 3.8) is 0 Å². The van der Waals surface area contributed by atoms with E-state index >= 15 is 0 Å². The molecule has 0 fully saturated rings. The third kappa shape index (κ3) is 3.85. The van der Waals surface area contributed by atoms with Crippen molar-refractivity contribution < 1.29 is 4.42 Å². The summed E-state index contributed by atoms with van der Waals surface area (Å²) >= 11 is 5.10. The molecule has 0 unspecified atom stereocenters. The summed E-state index contributed by atoms with van der Waals surface area (Å²) in [5, 5.41) is 2.97. The van der Waals surface area contributed by atoms with E-state index in [9.17, 15) is 0 Å². The van der Waals surface area contributed by atoms with Crippen LogP contribution in [0.5, 0.6) is 0 Å². The van der Waals surface area contributed by atoms with E-state index in [1.165, 1.54) is 0 Å². The molecule has 0 N–H and O–H groups in total. The molecule has 0 saturated heterocycles. The predicted octanol–water partition coefficient (Wildman–Crippen LogP) is 7.64. The third-order valence-corrected chi connectivity index (χ3v) is 5.40. The molecule has 0 aliphatic carbocycles. The Labute approximate surface area is 165 Å². The molecule has 1 nitrogen and oxygen atoms in total. The number of benzene rings is 3. The zero-order valence-electron chi connectivity index (χ0n) is 13.9. The fourth-order valence-corrected chi connectivity index (χ4v) is 3.81. The molecule has 3 aromatic carbocycles. The molecule has 0 bridgehead atoms. The first kappa shape index (κ1) is 17.0. The Balaban J connectivity index is 1.78. The summed E-state index contributed by atoms with van der Waals surface area (Å²) in [6.45, 7) is 0. The molecule has 126 valence electrons. The lowest BCUT2D eigenvalue weighted by atomic mass is 10.0. The summed E-state index contributed by atoms with van der Waals surface area (Å²) in [6.07, 6.45) is 2.18. The standard InChI is InChI=1S/C23H16BrOS/c24-20-13-11-19(12-14-20)22-16-26-23(25-22)21(18-9-5-2-6-10-18)15-17-7-3-1-4-8-17/h1-16H/q+1/b21-15+. The average molecular weight is 420 g/mol. The molecule has 4 aromatic rings. The topological polar surface area (TPSA) is 11.3 Å². The first-order chi connectivity index (χ1) is 12.8. The van der Waals surface area contributed by atoms with Gasteiger partial charge in [-0.25, -0.2) is 0 Å². The van der Waals surface area contributed by atoms with Gasteiger partial charge in [-0.05, 0) is 52.8 Å². The molecule has 0 atom stereocenters. The van der Waals surface area contributed by atoms with Crippen LogP contribution in [0, 0.1) is 0 Å². The molecule has 1 heterocycles. The molecule has 26 heavy (non-hydrogen) atoms. The number of hydrogen-bond acceptors (Lipinski definition) is 1. The van der Waals surface area contributed by atoms with E-state index in [2.05, 4.69) is 75.9 Å². The van der Waals surface area contributed by atoms with Gasteiger partial charge in [-0.2, -0.15) is 4.42 Å². The van der Waals surface area contributed by atoms with E-state index in [-0.39, 0.29) is 0 Å². The van der Waals surface area contributed by atoms with Gasteiger partial charge in [0, 0.05) is 4.47 Å². The highest BCUT2D eigenvalue weighted by Crippen LogP contribution is 2.34. The summed E-state index contributed by atoms with van der Waals surface area (Å²) in [6, 6.07) is 28.9. The van der Waals surface area contributed by atoms with Gasteiger partial charge in [0.25, 0.3) is 0 Å². The van der Waals surface area contributed by atoms with Gasteiger partial charge in [0.15, 0.2) is 0 Å². The molecule has 1 aromatic heterocycles. The molecule has 0 aliphatic rings.